The summed E-state index contributed by atoms with van der Waals surface area (Å²) in [4.78, 5) is 24.9. The number of aromatic nitrogens is 4. The summed E-state index contributed by atoms with van der Waals surface area (Å²) >= 11 is 1.49. The molecule has 0 spiro atoms. The zero-order chi connectivity index (χ0) is 19.1. The van der Waals surface area contributed by atoms with Crippen LogP contribution in [0.25, 0.3) is 5.78 Å². The molecule has 3 aromatic rings. The highest BCUT2D eigenvalue weighted by Crippen LogP contribution is 2.31. The number of hydrogen-bond acceptors (Lipinski definition) is 5. The minimum Gasteiger partial charge on any atom is -0.337 e. The van der Waals surface area contributed by atoms with E-state index in [-0.39, 0.29) is 23.3 Å². The van der Waals surface area contributed by atoms with Crippen LogP contribution < -0.4 is 0 Å². The number of carbonyl (C=O) groups excluding carboxylic acids is 1. The van der Waals surface area contributed by atoms with Crippen LogP contribution in [0.1, 0.15) is 56.7 Å². The van der Waals surface area contributed by atoms with Crippen molar-refractivity contribution in [1.29, 1.82) is 0 Å². The van der Waals surface area contributed by atoms with E-state index < -0.39 is 6.43 Å². The van der Waals surface area contributed by atoms with Crippen LogP contribution in [0.5, 0.6) is 0 Å². The van der Waals surface area contributed by atoms with Crippen LogP contribution in [0.15, 0.2) is 18.5 Å². The highest BCUT2D eigenvalue weighted by Gasteiger charge is 2.29. The summed E-state index contributed by atoms with van der Waals surface area (Å²) in [6.07, 6.45) is 0.153. The second kappa shape index (κ2) is 6.95. The Morgan fingerprint density at radius 2 is 2.15 bits per heavy atom. The van der Waals surface area contributed by atoms with Gasteiger partial charge in [-0.3, -0.25) is 4.79 Å². The second-order valence-corrected chi connectivity index (χ2v) is 8.07. The van der Waals surface area contributed by atoms with Crippen LogP contribution in [-0.4, -0.2) is 43.5 Å². The summed E-state index contributed by atoms with van der Waals surface area (Å²) in [5, 5.41) is 3.82. The van der Waals surface area contributed by atoms with Gasteiger partial charge in [0.25, 0.3) is 18.1 Å². The van der Waals surface area contributed by atoms with E-state index in [1.807, 2.05) is 19.9 Å². The summed E-state index contributed by atoms with van der Waals surface area (Å²) in [7, 11) is 0. The molecule has 0 radical (unpaired) electrons. The lowest BCUT2D eigenvalue weighted by molar-refractivity contribution is 0.0710. The van der Waals surface area contributed by atoms with E-state index in [1.165, 1.54) is 23.7 Å². The number of amides is 1. The normalized spacial score (nSPS) is 17.8. The summed E-state index contributed by atoms with van der Waals surface area (Å²) < 4.78 is 27.9. The molecule has 1 fully saturated rings. The lowest BCUT2D eigenvalue weighted by atomic mass is 9.94. The molecule has 6 nitrogen and oxygen atoms in total. The Kier molecular flexibility index (Phi) is 4.63. The Balaban J connectivity index is 1.61. The molecule has 1 atom stereocenters. The Morgan fingerprint density at radius 1 is 1.33 bits per heavy atom. The SMILES string of the molecule is Cc1cc(C(=O)N2CCC[C@@H](c3cc(C(F)F)n4ncnc4n3)C2)sc1C. The fraction of sp³-hybridized carbons (Fsp3) is 0.444. The molecule has 0 saturated carbocycles. The van der Waals surface area contributed by atoms with Crippen molar-refractivity contribution in [3.63, 3.8) is 0 Å². The number of alkyl halides is 2. The van der Waals surface area contributed by atoms with E-state index in [0.29, 0.717) is 18.8 Å². The predicted octanol–water partition coefficient (Wildman–Crippen LogP) is 3.76. The van der Waals surface area contributed by atoms with E-state index in [0.717, 1.165) is 32.7 Å². The van der Waals surface area contributed by atoms with Crippen molar-refractivity contribution >= 4 is 23.0 Å². The third-order valence-corrected chi connectivity index (χ3v) is 6.17. The maximum Gasteiger partial charge on any atom is 0.280 e. The summed E-state index contributed by atoms with van der Waals surface area (Å²) in [5.74, 6) is 0.0679. The molecule has 27 heavy (non-hydrogen) atoms. The van der Waals surface area contributed by atoms with Gasteiger partial charge in [-0.25, -0.2) is 13.8 Å². The average Bonchev–Trinajstić information content (AvgIpc) is 3.26. The molecular formula is C18H19F2N5OS. The lowest BCUT2D eigenvalue weighted by Gasteiger charge is -2.32. The van der Waals surface area contributed by atoms with Gasteiger partial charge in [-0.1, -0.05) is 0 Å². The van der Waals surface area contributed by atoms with Crippen LogP contribution in [-0.2, 0) is 0 Å². The van der Waals surface area contributed by atoms with Crippen LogP contribution in [0.4, 0.5) is 8.78 Å². The van der Waals surface area contributed by atoms with Gasteiger partial charge in [0, 0.05) is 23.9 Å². The van der Waals surface area contributed by atoms with Gasteiger partial charge >= 0.3 is 0 Å². The Morgan fingerprint density at radius 3 is 2.85 bits per heavy atom. The lowest BCUT2D eigenvalue weighted by Crippen LogP contribution is -2.39. The fourth-order valence-electron chi connectivity index (χ4n) is 3.46. The van der Waals surface area contributed by atoms with Crippen LogP contribution in [0.2, 0.25) is 0 Å². The minimum absolute atomic E-state index is 0.00135. The number of carbonyl (C=O) groups is 1. The molecule has 3 aromatic heterocycles. The van der Waals surface area contributed by atoms with Crippen molar-refractivity contribution in [2.75, 3.05) is 13.1 Å². The number of hydrogen-bond donors (Lipinski definition) is 0. The summed E-state index contributed by atoms with van der Waals surface area (Å²) in [6, 6.07) is 3.31. The predicted molar refractivity (Wildman–Crippen MR) is 97.4 cm³/mol. The Labute approximate surface area is 158 Å². The average molecular weight is 391 g/mol. The van der Waals surface area contributed by atoms with Gasteiger partial charge in [0.1, 0.15) is 12.0 Å². The first-order valence-corrected chi connectivity index (χ1v) is 9.60. The standard InChI is InChI=1S/C18H19F2N5OS/c1-10-6-15(27-11(10)2)17(26)24-5-3-4-12(8-24)13-7-14(16(19)20)25-18(23-13)21-9-22-25/h6-7,9,12,16H,3-5,8H2,1-2H3/t12-/m1/s1. The highest BCUT2D eigenvalue weighted by molar-refractivity contribution is 7.14. The van der Waals surface area contributed by atoms with Crippen LogP contribution in [0, 0.1) is 13.8 Å². The van der Waals surface area contributed by atoms with Gasteiger partial charge in [0.2, 0.25) is 0 Å². The zero-order valence-electron chi connectivity index (χ0n) is 15.0. The van der Waals surface area contributed by atoms with Gasteiger partial charge in [-0.2, -0.15) is 14.6 Å². The van der Waals surface area contributed by atoms with E-state index in [2.05, 4.69) is 15.1 Å². The molecule has 0 N–H and O–H groups in total. The van der Waals surface area contributed by atoms with E-state index in [4.69, 9.17) is 0 Å². The number of likely N-dealkylation sites (tertiary alicyclic amines) is 1. The smallest absolute Gasteiger partial charge is 0.280 e. The molecule has 9 heteroatoms. The maximum atomic E-state index is 13.4. The highest BCUT2D eigenvalue weighted by atomic mass is 32.1. The van der Waals surface area contributed by atoms with Crippen molar-refractivity contribution in [2.24, 2.45) is 0 Å². The van der Waals surface area contributed by atoms with Crippen molar-refractivity contribution in [1.82, 2.24) is 24.5 Å². The number of rotatable bonds is 3. The van der Waals surface area contributed by atoms with Crippen molar-refractivity contribution in [2.45, 2.75) is 39.0 Å². The van der Waals surface area contributed by atoms with Crippen molar-refractivity contribution < 1.29 is 13.6 Å². The molecule has 0 aliphatic carbocycles. The Hall–Kier alpha value is -2.42. The maximum absolute atomic E-state index is 13.4. The van der Waals surface area contributed by atoms with Crippen molar-refractivity contribution in [3.05, 3.63) is 45.2 Å². The molecule has 4 rings (SSSR count). The fourth-order valence-corrected chi connectivity index (χ4v) is 4.46. The minimum atomic E-state index is -2.67. The number of fused-ring (bicyclic) bond motifs is 1. The molecule has 1 aliphatic rings. The molecule has 142 valence electrons. The van der Waals surface area contributed by atoms with Gasteiger partial charge < -0.3 is 4.90 Å². The molecule has 4 heterocycles. The van der Waals surface area contributed by atoms with E-state index in [9.17, 15) is 13.6 Å². The topological polar surface area (TPSA) is 63.4 Å². The van der Waals surface area contributed by atoms with Gasteiger partial charge in [-0.15, -0.1) is 11.3 Å². The molecule has 1 aliphatic heterocycles. The van der Waals surface area contributed by atoms with Crippen LogP contribution in [0.3, 0.4) is 0 Å². The first-order chi connectivity index (χ1) is 12.9. The van der Waals surface area contributed by atoms with E-state index in [1.54, 1.807) is 4.90 Å². The molecule has 0 aromatic carbocycles. The number of nitrogens with zero attached hydrogens (tertiary/aromatic N) is 5. The number of aryl methyl sites for hydroxylation is 2. The van der Waals surface area contributed by atoms with Crippen molar-refractivity contribution in [3.8, 4) is 0 Å². The molecular weight excluding hydrogens is 372 g/mol. The first-order valence-electron chi connectivity index (χ1n) is 8.79. The molecule has 0 unspecified atom stereocenters. The van der Waals surface area contributed by atoms with Crippen LogP contribution >= 0.6 is 11.3 Å². The summed E-state index contributed by atoms with van der Waals surface area (Å²) in [5.41, 5.74) is 1.43. The Bertz CT molecular complexity index is 979. The quantitative estimate of drug-likeness (QED) is 0.682. The monoisotopic (exact) mass is 391 g/mol. The molecule has 0 bridgehead atoms. The first kappa shape index (κ1) is 18.0. The van der Waals surface area contributed by atoms with Gasteiger partial charge in [0.05, 0.1) is 10.6 Å². The zero-order valence-corrected chi connectivity index (χ0v) is 15.8. The number of halogens is 2. The molecule has 1 amide bonds. The van der Waals surface area contributed by atoms with Gasteiger partial charge in [0.15, 0.2) is 0 Å². The van der Waals surface area contributed by atoms with Gasteiger partial charge in [-0.05, 0) is 44.4 Å². The molecule has 1 saturated heterocycles. The largest absolute Gasteiger partial charge is 0.337 e. The third kappa shape index (κ3) is 3.31. The summed E-state index contributed by atoms with van der Waals surface area (Å²) in [6.45, 7) is 5.12. The second-order valence-electron chi connectivity index (χ2n) is 6.82. The number of thiophene rings is 1. The number of piperidine rings is 1. The third-order valence-electron chi connectivity index (χ3n) is 5.03. The van der Waals surface area contributed by atoms with E-state index >= 15 is 0 Å².